The molecule has 2 aliphatic carbocycles. The molecule has 0 aromatic rings. The fraction of sp³-hybridized carbons (Fsp3) is 0.815. The molecule has 2 rings (SSSR count). The van der Waals surface area contributed by atoms with E-state index in [4.69, 9.17) is 21.5 Å². The highest BCUT2D eigenvalue weighted by atomic mass is 35.5. The number of amidine groups is 2. The maximum atomic E-state index is 5.72. The van der Waals surface area contributed by atoms with Gasteiger partial charge in [-0.1, -0.05) is 100 Å². The van der Waals surface area contributed by atoms with Crippen LogP contribution in [0.5, 0.6) is 0 Å². The predicted octanol–water partition coefficient (Wildman–Crippen LogP) is 8.91. The predicted molar refractivity (Wildman–Crippen MR) is 149 cm³/mol. The molecule has 0 N–H and O–H groups in total. The normalized spacial score (nSPS) is 21.4. The van der Waals surface area contributed by atoms with Gasteiger partial charge in [0.05, 0.1) is 11.4 Å². The average Bonchev–Trinajstić information content (AvgIpc) is 2.86. The second kappa shape index (κ2) is 20.4. The van der Waals surface area contributed by atoms with Crippen molar-refractivity contribution in [2.75, 3.05) is 0 Å². The number of halogens is 1. The lowest BCUT2D eigenvalue weighted by Gasteiger charge is -2.09. The zero-order valence-corrected chi connectivity index (χ0v) is 22.4. The largest absolute Gasteiger partial charge is 0.362 e. The fourth-order valence-electron chi connectivity index (χ4n) is 4.66. The molecule has 2 fully saturated rings. The van der Waals surface area contributed by atoms with Crippen molar-refractivity contribution in [3.05, 3.63) is 0 Å². The summed E-state index contributed by atoms with van der Waals surface area (Å²) in [6, 6.07) is -0.159. The molecule has 2 aliphatic rings. The monoisotopic (exact) mass is 507 g/mol. The number of rotatable bonds is 2. The Morgan fingerprint density at radius 1 is 0.514 bits per heavy atom. The van der Waals surface area contributed by atoms with E-state index in [-0.39, 0.29) is 12.0 Å². The van der Waals surface area contributed by atoms with Crippen molar-refractivity contribution < 1.29 is 9.68 Å². The van der Waals surface area contributed by atoms with Gasteiger partial charge in [-0.05, 0) is 58.1 Å². The van der Waals surface area contributed by atoms with E-state index in [0.717, 1.165) is 62.8 Å². The Morgan fingerprint density at radius 3 is 1.14 bits per heavy atom. The Bertz CT molecular complexity index is 678. The minimum Gasteiger partial charge on any atom is -0.315 e. The van der Waals surface area contributed by atoms with E-state index < -0.39 is 0 Å². The lowest BCUT2D eigenvalue weighted by Crippen LogP contribution is -2.08. The maximum absolute atomic E-state index is 5.72. The number of hydrogen-bond acceptors (Lipinski definition) is 5. The third kappa shape index (κ3) is 15.1. The van der Waals surface area contributed by atoms with E-state index in [1.165, 1.54) is 89.9 Å². The van der Waals surface area contributed by atoms with Crippen LogP contribution >= 0.6 is 11.8 Å². The molecule has 8 heteroatoms. The van der Waals surface area contributed by atoms with Gasteiger partial charge in [0.1, 0.15) is 0 Å². The summed E-state index contributed by atoms with van der Waals surface area (Å²) in [6.45, 7) is 3.54. The van der Waals surface area contributed by atoms with Crippen molar-refractivity contribution in [3.8, 4) is 0 Å². The topological polar surface area (TPSA) is 80.3 Å². The van der Waals surface area contributed by atoms with Crippen LogP contribution < -0.4 is 0 Å². The van der Waals surface area contributed by atoms with Gasteiger partial charge in [-0.25, -0.2) is 4.99 Å². The van der Waals surface area contributed by atoms with Gasteiger partial charge in [0.15, 0.2) is 0 Å². The zero-order chi connectivity index (χ0) is 24.8. The standard InChI is InChI=1S/C27H46ClN5O2/c1-29-26(34-32-24-20-16-12-8-4-2-5-9-13-17-21-24)30-27(31-28)35-33-25-22-18-14-10-6-3-7-11-15-19-23-25/h1-23H2/b30-26+,31-27+. The molecule has 0 heterocycles. The Kier molecular flexibility index (Phi) is 17.2. The van der Waals surface area contributed by atoms with Gasteiger partial charge < -0.3 is 9.68 Å². The van der Waals surface area contributed by atoms with Gasteiger partial charge >= 0.3 is 12.0 Å². The van der Waals surface area contributed by atoms with Gasteiger partial charge in [0, 0.05) is 11.8 Å². The Morgan fingerprint density at radius 2 is 0.829 bits per heavy atom. The summed E-state index contributed by atoms with van der Waals surface area (Å²) in [4.78, 5) is 19.0. The first-order chi connectivity index (χ1) is 17.3. The molecule has 0 bridgehead atoms. The van der Waals surface area contributed by atoms with Crippen LogP contribution in [0.4, 0.5) is 0 Å². The Labute approximate surface area is 217 Å². The molecule has 2 saturated carbocycles. The first kappa shape index (κ1) is 29.5. The summed E-state index contributed by atoms with van der Waals surface area (Å²) in [7, 11) is 0. The van der Waals surface area contributed by atoms with E-state index in [0.29, 0.717) is 0 Å². The molecule has 0 radical (unpaired) electrons. The van der Waals surface area contributed by atoms with Crippen LogP contribution in [-0.4, -0.2) is 30.2 Å². The van der Waals surface area contributed by atoms with E-state index in [1.54, 1.807) is 0 Å². The van der Waals surface area contributed by atoms with E-state index >= 15 is 0 Å². The van der Waals surface area contributed by atoms with Crippen molar-refractivity contribution in [1.82, 2.24) is 0 Å². The van der Waals surface area contributed by atoms with Gasteiger partial charge in [-0.3, -0.25) is 0 Å². The van der Waals surface area contributed by atoms with Crippen molar-refractivity contribution in [2.45, 2.75) is 141 Å². The summed E-state index contributed by atoms with van der Waals surface area (Å²) in [5, 5.41) is 8.66. The van der Waals surface area contributed by atoms with E-state index in [1.807, 2.05) is 0 Å². The number of oxime groups is 2. The third-order valence-corrected chi connectivity index (χ3v) is 6.92. The van der Waals surface area contributed by atoms with Gasteiger partial charge in [0.2, 0.25) is 0 Å². The second-order valence-corrected chi connectivity index (χ2v) is 9.95. The summed E-state index contributed by atoms with van der Waals surface area (Å²) < 4.78 is 3.58. The molecule has 198 valence electrons. The molecule has 0 amide bonds. The molecule has 0 aromatic heterocycles. The van der Waals surface area contributed by atoms with Crippen LogP contribution in [0.15, 0.2) is 24.8 Å². The number of aliphatic imine (C=N–C) groups is 2. The van der Waals surface area contributed by atoms with Crippen molar-refractivity contribution in [2.24, 2.45) is 24.8 Å². The van der Waals surface area contributed by atoms with Crippen LogP contribution in [-0.2, 0) is 9.68 Å². The lowest BCUT2D eigenvalue weighted by molar-refractivity contribution is 0.305. The van der Waals surface area contributed by atoms with Crippen molar-refractivity contribution >= 4 is 42.0 Å². The van der Waals surface area contributed by atoms with Crippen LogP contribution in [0.2, 0.25) is 0 Å². The van der Waals surface area contributed by atoms with Crippen LogP contribution in [0.3, 0.4) is 0 Å². The van der Waals surface area contributed by atoms with Gasteiger partial charge in [-0.15, -0.1) is 9.50 Å². The first-order valence-corrected chi connectivity index (χ1v) is 14.4. The minimum absolute atomic E-state index is 0.0399. The molecule has 0 atom stereocenters. The smallest absolute Gasteiger partial charge is 0.315 e. The molecule has 7 nitrogen and oxygen atoms in total. The van der Waals surface area contributed by atoms with Crippen molar-refractivity contribution in [1.29, 1.82) is 0 Å². The molecular weight excluding hydrogens is 462 g/mol. The van der Waals surface area contributed by atoms with E-state index in [2.05, 4.69) is 31.5 Å². The number of hydrogen-bond donors (Lipinski definition) is 0. The average molecular weight is 508 g/mol. The third-order valence-electron chi connectivity index (χ3n) is 6.77. The molecule has 0 spiro atoms. The molecule has 0 aromatic carbocycles. The van der Waals surface area contributed by atoms with Crippen LogP contribution in [0, 0.1) is 0 Å². The van der Waals surface area contributed by atoms with Gasteiger partial charge in [0.25, 0.3) is 0 Å². The van der Waals surface area contributed by atoms with Crippen LogP contribution in [0.1, 0.15) is 141 Å². The highest BCUT2D eigenvalue weighted by Gasteiger charge is 2.09. The van der Waals surface area contributed by atoms with Crippen LogP contribution in [0.25, 0.3) is 0 Å². The summed E-state index contributed by atoms with van der Waals surface area (Å²) >= 11 is 5.72. The first-order valence-electron chi connectivity index (χ1n) is 14.0. The number of nitrogens with zero attached hydrogens (tertiary/aromatic N) is 5. The molecular formula is C27H46ClN5O2. The minimum atomic E-state index is -0.119. The molecule has 35 heavy (non-hydrogen) atoms. The Balaban J connectivity index is 1.93. The maximum Gasteiger partial charge on any atom is 0.362 e. The van der Waals surface area contributed by atoms with Gasteiger partial charge in [-0.2, -0.15) is 0 Å². The molecule has 0 unspecified atom stereocenters. The summed E-state index contributed by atoms with van der Waals surface area (Å²) in [5.41, 5.74) is 2.07. The molecule has 0 saturated heterocycles. The molecule has 0 aliphatic heterocycles. The lowest BCUT2D eigenvalue weighted by atomic mass is 10.00. The summed E-state index contributed by atoms with van der Waals surface area (Å²) in [6.07, 6.45) is 26.4. The SMILES string of the molecule is C=N/C(=N\C(=N/Cl)ON=C1CCCCCCCCCCC1)ON=C1CCCCCCCCCCC1. The quantitative estimate of drug-likeness (QED) is 0.212. The zero-order valence-electron chi connectivity index (χ0n) is 21.7. The highest BCUT2D eigenvalue weighted by Crippen LogP contribution is 2.17. The van der Waals surface area contributed by atoms with E-state index in [9.17, 15) is 0 Å². The highest BCUT2D eigenvalue weighted by molar-refractivity contribution is 6.19. The second-order valence-electron chi connectivity index (χ2n) is 9.78. The van der Waals surface area contributed by atoms with Crippen molar-refractivity contribution in [3.63, 3.8) is 0 Å². The Hall–Kier alpha value is -1.76. The summed E-state index contributed by atoms with van der Waals surface area (Å²) in [5.74, 6) is 0. The fourth-order valence-corrected chi connectivity index (χ4v) is 4.72.